The van der Waals surface area contributed by atoms with E-state index in [0.717, 1.165) is 45.9 Å². The Balaban J connectivity index is 1.67. The van der Waals surface area contributed by atoms with Gasteiger partial charge in [-0.2, -0.15) is 0 Å². The predicted octanol–water partition coefficient (Wildman–Crippen LogP) is 9.57. The van der Waals surface area contributed by atoms with Crippen molar-refractivity contribution in [1.29, 1.82) is 0 Å². The Hall–Kier alpha value is -4.58. The number of rotatable bonds is 14. The Bertz CT molecular complexity index is 1450. The Morgan fingerprint density at radius 1 is 0.523 bits per heavy atom. The van der Waals surface area contributed by atoms with Crippen molar-refractivity contribution < 1.29 is 28.4 Å². The number of hydrogen-bond acceptors (Lipinski definition) is 6. The van der Waals surface area contributed by atoms with Gasteiger partial charge in [0.15, 0.2) is 23.0 Å². The van der Waals surface area contributed by atoms with E-state index in [-0.39, 0.29) is 12.2 Å². The summed E-state index contributed by atoms with van der Waals surface area (Å²) < 4.78 is 34.9. The molecular formula is C38H44O6. The van der Waals surface area contributed by atoms with Gasteiger partial charge >= 0.3 is 0 Å². The lowest BCUT2D eigenvalue weighted by Gasteiger charge is -2.19. The highest BCUT2D eigenvalue weighted by Crippen LogP contribution is 2.41. The lowest BCUT2D eigenvalue weighted by atomic mass is 9.98. The first-order valence-electron chi connectivity index (χ1n) is 15.1. The average molecular weight is 597 g/mol. The van der Waals surface area contributed by atoms with E-state index in [1.165, 1.54) is 0 Å². The number of methoxy groups -OCH3 is 4. The molecule has 4 aromatic carbocycles. The molecule has 0 spiro atoms. The van der Waals surface area contributed by atoms with Crippen LogP contribution in [-0.2, 0) is 0 Å². The molecule has 0 N–H and O–H groups in total. The van der Waals surface area contributed by atoms with Crippen molar-refractivity contribution in [3.63, 3.8) is 0 Å². The summed E-state index contributed by atoms with van der Waals surface area (Å²) in [6, 6.07) is 20.6. The van der Waals surface area contributed by atoms with Crippen molar-refractivity contribution in [3.8, 4) is 34.5 Å². The summed E-state index contributed by atoms with van der Waals surface area (Å²) in [7, 11) is 6.58. The number of benzene rings is 4. The van der Waals surface area contributed by atoms with E-state index in [9.17, 15) is 0 Å². The van der Waals surface area contributed by atoms with Gasteiger partial charge in [-0.1, -0.05) is 74.5 Å². The largest absolute Gasteiger partial charge is 0.493 e. The van der Waals surface area contributed by atoms with Crippen LogP contribution in [0.15, 0.2) is 60.7 Å². The van der Waals surface area contributed by atoms with E-state index in [2.05, 4.69) is 74.5 Å². The van der Waals surface area contributed by atoms with Crippen molar-refractivity contribution in [1.82, 2.24) is 0 Å². The highest BCUT2D eigenvalue weighted by Gasteiger charge is 2.17. The second-order valence-electron chi connectivity index (χ2n) is 10.6. The maximum absolute atomic E-state index is 6.10. The van der Waals surface area contributed by atoms with E-state index in [1.807, 2.05) is 38.1 Å². The van der Waals surface area contributed by atoms with E-state index >= 15 is 0 Å². The molecule has 4 rings (SSSR count). The van der Waals surface area contributed by atoms with Gasteiger partial charge in [0.25, 0.3) is 0 Å². The van der Waals surface area contributed by atoms with Crippen molar-refractivity contribution >= 4 is 35.1 Å². The number of hydrogen-bond donors (Lipinski definition) is 0. The predicted molar refractivity (Wildman–Crippen MR) is 182 cm³/mol. The smallest absolute Gasteiger partial charge is 0.203 e. The molecule has 0 aliphatic carbocycles. The molecule has 0 bridgehead atoms. The summed E-state index contributed by atoms with van der Waals surface area (Å²) in [5, 5.41) is 2.29. The molecule has 2 unspecified atom stereocenters. The molecule has 0 fully saturated rings. The first kappa shape index (κ1) is 32.3. The van der Waals surface area contributed by atoms with Crippen LogP contribution in [-0.4, -0.2) is 40.6 Å². The van der Waals surface area contributed by atoms with Gasteiger partial charge in [-0.15, -0.1) is 0 Å². The summed E-state index contributed by atoms with van der Waals surface area (Å²) in [5.41, 5.74) is 4.11. The van der Waals surface area contributed by atoms with Gasteiger partial charge < -0.3 is 28.4 Å². The Morgan fingerprint density at radius 2 is 0.864 bits per heavy atom. The minimum Gasteiger partial charge on any atom is -0.493 e. The average Bonchev–Trinajstić information content (AvgIpc) is 3.06. The highest BCUT2D eigenvalue weighted by atomic mass is 16.5. The molecule has 0 aliphatic heterocycles. The van der Waals surface area contributed by atoms with Crippen LogP contribution in [0.5, 0.6) is 34.5 Å². The molecule has 0 heterocycles. The van der Waals surface area contributed by atoms with Crippen molar-refractivity contribution in [2.45, 2.75) is 52.7 Å². The van der Waals surface area contributed by atoms with Crippen LogP contribution < -0.4 is 28.4 Å². The highest BCUT2D eigenvalue weighted by molar-refractivity contribution is 5.99. The maximum Gasteiger partial charge on any atom is 0.203 e. The summed E-state index contributed by atoms with van der Waals surface area (Å²) in [6.07, 6.45) is 10.2. The van der Waals surface area contributed by atoms with Gasteiger partial charge in [0, 0.05) is 0 Å². The van der Waals surface area contributed by atoms with Crippen LogP contribution in [0.1, 0.15) is 62.8 Å². The zero-order chi connectivity index (χ0) is 31.6. The van der Waals surface area contributed by atoms with Gasteiger partial charge in [0.05, 0.1) is 40.6 Å². The van der Waals surface area contributed by atoms with Crippen molar-refractivity contribution in [3.05, 3.63) is 82.9 Å². The molecule has 0 aromatic heterocycles. The van der Waals surface area contributed by atoms with Gasteiger partial charge in [-0.3, -0.25) is 0 Å². The third-order valence-electron chi connectivity index (χ3n) is 7.65. The summed E-state index contributed by atoms with van der Waals surface area (Å²) in [5.74, 6) is 3.81. The minimum absolute atomic E-state index is 0.0465. The molecule has 6 nitrogen and oxygen atoms in total. The van der Waals surface area contributed by atoms with Gasteiger partial charge in [-0.05, 0) is 84.0 Å². The number of ether oxygens (including phenoxy) is 6. The number of fused-ring (bicyclic) bond motifs is 1. The molecule has 0 radical (unpaired) electrons. The van der Waals surface area contributed by atoms with E-state index in [0.29, 0.717) is 34.5 Å². The van der Waals surface area contributed by atoms with Crippen molar-refractivity contribution in [2.75, 3.05) is 28.4 Å². The third kappa shape index (κ3) is 7.49. The van der Waals surface area contributed by atoms with Crippen LogP contribution in [0, 0.1) is 0 Å². The first-order chi connectivity index (χ1) is 21.3. The molecular weight excluding hydrogens is 552 g/mol. The van der Waals surface area contributed by atoms with Gasteiger partial charge in [0.2, 0.25) is 11.5 Å². The molecule has 0 aliphatic rings. The molecule has 232 valence electrons. The molecule has 0 saturated heterocycles. The monoisotopic (exact) mass is 596 g/mol. The lowest BCUT2D eigenvalue weighted by Crippen LogP contribution is -2.11. The van der Waals surface area contributed by atoms with Crippen molar-refractivity contribution in [2.24, 2.45) is 0 Å². The lowest BCUT2D eigenvalue weighted by molar-refractivity contribution is 0.198. The van der Waals surface area contributed by atoms with Crippen LogP contribution in [0.25, 0.3) is 35.1 Å². The zero-order valence-electron chi connectivity index (χ0n) is 27.1. The quantitative estimate of drug-likeness (QED) is 0.135. The van der Waals surface area contributed by atoms with Gasteiger partial charge in [0.1, 0.15) is 0 Å². The van der Waals surface area contributed by atoms with Crippen LogP contribution >= 0.6 is 0 Å². The zero-order valence-corrected chi connectivity index (χ0v) is 27.1. The molecule has 0 amide bonds. The summed E-state index contributed by atoms with van der Waals surface area (Å²) in [6.45, 7) is 8.23. The molecule has 4 aromatic rings. The Morgan fingerprint density at radius 3 is 1.16 bits per heavy atom. The van der Waals surface area contributed by atoms with Gasteiger partial charge in [-0.25, -0.2) is 0 Å². The first-order valence-corrected chi connectivity index (χ1v) is 15.1. The van der Waals surface area contributed by atoms with Crippen LogP contribution in [0.4, 0.5) is 0 Å². The standard InChI is InChI=1S/C38H44O6/c1-9-25(3)43-37-33(39-5)21-27(22-34(37)40-6)17-19-29-13-11-16-32-30(14-12-15-31(29)32)20-18-28-23-35(41-7)38(36(24-28)42-8)44-26(4)10-2/h11-26H,9-10H2,1-8H3. The summed E-state index contributed by atoms with van der Waals surface area (Å²) in [4.78, 5) is 0. The molecule has 0 saturated carbocycles. The Labute approximate surface area is 261 Å². The molecule has 6 heteroatoms. The van der Waals surface area contributed by atoms with Crippen LogP contribution in [0.2, 0.25) is 0 Å². The van der Waals surface area contributed by atoms with E-state index < -0.39 is 0 Å². The maximum atomic E-state index is 6.10. The normalized spacial score (nSPS) is 12.8. The molecule has 44 heavy (non-hydrogen) atoms. The fourth-order valence-corrected chi connectivity index (χ4v) is 4.82. The molecule has 2 atom stereocenters. The summed E-state index contributed by atoms with van der Waals surface area (Å²) >= 11 is 0. The third-order valence-corrected chi connectivity index (χ3v) is 7.65. The topological polar surface area (TPSA) is 55.4 Å². The Kier molecular flexibility index (Phi) is 11.2. The van der Waals surface area contributed by atoms with E-state index in [4.69, 9.17) is 28.4 Å². The van der Waals surface area contributed by atoms with Crippen LogP contribution in [0.3, 0.4) is 0 Å². The SMILES string of the molecule is CCC(C)Oc1c(OC)cc(C=Cc2cccc3c(C=Cc4cc(OC)c(OC(C)CC)c(OC)c4)cccc23)cc1OC. The van der Waals surface area contributed by atoms with E-state index in [1.54, 1.807) is 28.4 Å². The second-order valence-corrected chi connectivity index (χ2v) is 10.6. The fourth-order valence-electron chi connectivity index (χ4n) is 4.82. The minimum atomic E-state index is 0.0465. The second kappa shape index (κ2) is 15.2. The fraction of sp³-hybridized carbons (Fsp3) is 0.316.